The zero-order valence-corrected chi connectivity index (χ0v) is 20.2. The summed E-state index contributed by atoms with van der Waals surface area (Å²) in [6.07, 6.45) is 4.88. The molecule has 1 aliphatic carbocycles. The second kappa shape index (κ2) is 7.72. The lowest BCUT2D eigenvalue weighted by Crippen LogP contribution is -2.14. The number of rotatable bonds is 2. The monoisotopic (exact) mass is 454 g/mol. The molecule has 174 valence electrons. The van der Waals surface area contributed by atoms with Crippen LogP contribution in [0, 0.1) is 26.7 Å². The summed E-state index contributed by atoms with van der Waals surface area (Å²) in [5, 5.41) is 9.87. The van der Waals surface area contributed by atoms with Crippen molar-refractivity contribution in [3.05, 3.63) is 70.3 Å². The smallest absolute Gasteiger partial charge is 0.166 e. The van der Waals surface area contributed by atoms with E-state index in [1.165, 1.54) is 24.0 Å². The standard InChI is InChI=1S/C27H30N6O/c1-15-5-8-24-23(9-15)18(4)34-25-11-20(13-29-27(25)28)26-22(12-21-10-16(2)30-33(21)24)17(3)31-32(26)14-19-6-7-19/h5,8-11,13,18-19H,6-7,12,14H2,1-4H3,(H2,28,29). The molecule has 7 heteroatoms. The second-order valence-electron chi connectivity index (χ2n) is 9.83. The zero-order valence-electron chi connectivity index (χ0n) is 20.2. The van der Waals surface area contributed by atoms with Gasteiger partial charge in [-0.1, -0.05) is 17.7 Å². The Balaban J connectivity index is 1.62. The Morgan fingerprint density at radius 2 is 1.91 bits per heavy atom. The van der Waals surface area contributed by atoms with Crippen LogP contribution in [-0.4, -0.2) is 24.5 Å². The number of aryl methyl sites for hydroxylation is 3. The fourth-order valence-corrected chi connectivity index (χ4v) is 5.02. The number of nitrogens with zero attached hydrogens (tertiary/aromatic N) is 5. The van der Waals surface area contributed by atoms with Crippen molar-refractivity contribution in [3.63, 3.8) is 0 Å². The van der Waals surface area contributed by atoms with Crippen LogP contribution in [0.3, 0.4) is 0 Å². The van der Waals surface area contributed by atoms with Gasteiger partial charge in [-0.05, 0) is 64.7 Å². The van der Waals surface area contributed by atoms with Crippen molar-refractivity contribution in [2.45, 2.75) is 59.6 Å². The SMILES string of the molecule is Cc1ccc2c(c1)C(C)Oc1cc(cnc1N)-c1c(c(C)nn1CC1CC1)Cc1cc(C)nn1-2. The Morgan fingerprint density at radius 3 is 2.71 bits per heavy atom. The molecule has 2 N–H and O–H groups in total. The molecule has 0 radical (unpaired) electrons. The number of aromatic nitrogens is 5. The first-order valence-corrected chi connectivity index (χ1v) is 12.0. The average molecular weight is 455 g/mol. The maximum atomic E-state index is 6.46. The molecular weight excluding hydrogens is 424 g/mol. The average Bonchev–Trinajstić information content (AvgIpc) is 3.46. The number of anilines is 1. The first-order valence-electron chi connectivity index (χ1n) is 12.0. The van der Waals surface area contributed by atoms with Crippen LogP contribution >= 0.6 is 0 Å². The van der Waals surface area contributed by atoms with Crippen LogP contribution in [0.5, 0.6) is 5.75 Å². The van der Waals surface area contributed by atoms with Crippen LogP contribution in [0.1, 0.15) is 59.6 Å². The van der Waals surface area contributed by atoms with Gasteiger partial charge in [0.05, 0.1) is 22.8 Å². The minimum atomic E-state index is -0.233. The van der Waals surface area contributed by atoms with E-state index in [0.29, 0.717) is 17.5 Å². The van der Waals surface area contributed by atoms with Crippen LogP contribution in [0.4, 0.5) is 5.82 Å². The van der Waals surface area contributed by atoms with Crippen molar-refractivity contribution >= 4 is 5.82 Å². The Labute approximate surface area is 199 Å². The van der Waals surface area contributed by atoms with Crippen molar-refractivity contribution in [2.24, 2.45) is 5.92 Å². The molecule has 1 fully saturated rings. The van der Waals surface area contributed by atoms with Gasteiger partial charge in [-0.15, -0.1) is 0 Å². The summed E-state index contributed by atoms with van der Waals surface area (Å²) < 4.78 is 10.7. The fraction of sp³-hybridized carbons (Fsp3) is 0.370. The van der Waals surface area contributed by atoms with Gasteiger partial charge in [0.15, 0.2) is 11.6 Å². The van der Waals surface area contributed by atoms with E-state index in [1.54, 1.807) is 0 Å². The molecule has 0 amide bonds. The van der Waals surface area contributed by atoms with Crippen molar-refractivity contribution in [1.29, 1.82) is 0 Å². The molecule has 0 saturated heterocycles. The van der Waals surface area contributed by atoms with Crippen LogP contribution in [0.2, 0.25) is 0 Å². The number of nitrogen functional groups attached to an aromatic ring is 1. The molecule has 1 aromatic carbocycles. The highest BCUT2D eigenvalue weighted by Gasteiger charge is 2.28. The Hall–Kier alpha value is -3.61. The van der Waals surface area contributed by atoms with Crippen LogP contribution in [0.25, 0.3) is 16.9 Å². The third-order valence-corrected chi connectivity index (χ3v) is 6.95. The minimum absolute atomic E-state index is 0.233. The fourth-order valence-electron chi connectivity index (χ4n) is 5.02. The lowest BCUT2D eigenvalue weighted by Gasteiger charge is -2.22. The van der Waals surface area contributed by atoms with E-state index in [-0.39, 0.29) is 6.10 Å². The van der Waals surface area contributed by atoms with E-state index >= 15 is 0 Å². The molecular formula is C27H30N6O. The molecule has 2 bridgehead atoms. The maximum Gasteiger partial charge on any atom is 0.166 e. The van der Waals surface area contributed by atoms with Gasteiger partial charge in [0.1, 0.15) is 6.10 Å². The molecule has 34 heavy (non-hydrogen) atoms. The molecule has 4 aromatic rings. The quantitative estimate of drug-likeness (QED) is 0.456. The first-order chi connectivity index (χ1) is 16.4. The van der Waals surface area contributed by atoms with Gasteiger partial charge < -0.3 is 10.5 Å². The number of ether oxygens (including phenoxy) is 1. The number of hydrogen-bond acceptors (Lipinski definition) is 5. The topological polar surface area (TPSA) is 83.8 Å². The summed E-state index contributed by atoms with van der Waals surface area (Å²) in [4.78, 5) is 4.52. The third-order valence-electron chi connectivity index (χ3n) is 6.95. The maximum absolute atomic E-state index is 6.46. The number of nitrogens with two attached hydrogens (primary N) is 1. The Bertz CT molecular complexity index is 1410. The normalized spacial score (nSPS) is 17.1. The van der Waals surface area contributed by atoms with E-state index in [2.05, 4.69) is 59.4 Å². The number of hydrogen-bond donors (Lipinski definition) is 1. The summed E-state index contributed by atoms with van der Waals surface area (Å²) in [5.41, 5.74) is 16.0. The van der Waals surface area contributed by atoms with Gasteiger partial charge in [0, 0.05) is 41.5 Å². The van der Waals surface area contributed by atoms with Crippen molar-refractivity contribution in [3.8, 4) is 22.7 Å². The second-order valence-corrected chi connectivity index (χ2v) is 9.83. The molecule has 3 aromatic heterocycles. The summed E-state index contributed by atoms with van der Waals surface area (Å²) in [6.45, 7) is 9.22. The molecule has 1 aliphatic heterocycles. The molecule has 4 heterocycles. The predicted octanol–water partition coefficient (Wildman–Crippen LogP) is 5.09. The van der Waals surface area contributed by atoms with Gasteiger partial charge in [-0.2, -0.15) is 10.2 Å². The van der Waals surface area contributed by atoms with Gasteiger partial charge in [-0.3, -0.25) is 4.68 Å². The molecule has 2 aliphatic rings. The molecule has 1 unspecified atom stereocenters. The van der Waals surface area contributed by atoms with Gasteiger partial charge in [0.2, 0.25) is 0 Å². The van der Waals surface area contributed by atoms with E-state index in [9.17, 15) is 0 Å². The van der Waals surface area contributed by atoms with Crippen LogP contribution in [-0.2, 0) is 13.0 Å². The molecule has 7 nitrogen and oxygen atoms in total. The highest BCUT2D eigenvalue weighted by Crippen LogP contribution is 2.38. The Morgan fingerprint density at radius 1 is 1.09 bits per heavy atom. The highest BCUT2D eigenvalue weighted by molar-refractivity contribution is 5.69. The van der Waals surface area contributed by atoms with Gasteiger partial charge in [-0.25, -0.2) is 9.67 Å². The number of benzene rings is 1. The number of fused-ring (bicyclic) bond motifs is 7. The van der Waals surface area contributed by atoms with Gasteiger partial charge >= 0.3 is 0 Å². The van der Waals surface area contributed by atoms with E-state index in [1.807, 2.05) is 19.2 Å². The van der Waals surface area contributed by atoms with E-state index in [0.717, 1.165) is 52.6 Å². The zero-order chi connectivity index (χ0) is 23.6. The molecule has 0 spiro atoms. The third kappa shape index (κ3) is 3.56. The number of pyridine rings is 1. The summed E-state index contributed by atoms with van der Waals surface area (Å²) in [7, 11) is 0. The minimum Gasteiger partial charge on any atom is -0.482 e. The largest absolute Gasteiger partial charge is 0.482 e. The van der Waals surface area contributed by atoms with Crippen molar-refractivity contribution < 1.29 is 4.74 Å². The van der Waals surface area contributed by atoms with Crippen molar-refractivity contribution in [2.75, 3.05) is 5.73 Å². The van der Waals surface area contributed by atoms with E-state index < -0.39 is 0 Å². The summed E-state index contributed by atoms with van der Waals surface area (Å²) in [5.74, 6) is 1.69. The first kappa shape index (κ1) is 21.0. The summed E-state index contributed by atoms with van der Waals surface area (Å²) >= 11 is 0. The Kier molecular flexibility index (Phi) is 4.76. The van der Waals surface area contributed by atoms with E-state index in [4.69, 9.17) is 20.7 Å². The van der Waals surface area contributed by atoms with Crippen LogP contribution < -0.4 is 10.5 Å². The molecule has 6 rings (SSSR count). The van der Waals surface area contributed by atoms with Gasteiger partial charge in [0.25, 0.3) is 0 Å². The lowest BCUT2D eigenvalue weighted by molar-refractivity contribution is 0.227. The van der Waals surface area contributed by atoms with Crippen LogP contribution in [0.15, 0.2) is 36.5 Å². The lowest BCUT2D eigenvalue weighted by atomic mass is 10.0. The predicted molar refractivity (Wildman–Crippen MR) is 132 cm³/mol. The molecule has 1 saturated carbocycles. The van der Waals surface area contributed by atoms with Crippen molar-refractivity contribution in [1.82, 2.24) is 24.5 Å². The summed E-state index contributed by atoms with van der Waals surface area (Å²) in [6, 6.07) is 10.6. The highest BCUT2D eigenvalue weighted by atomic mass is 16.5. The molecule has 1 atom stereocenters.